The van der Waals surface area contributed by atoms with E-state index in [2.05, 4.69) is 20.8 Å². The summed E-state index contributed by atoms with van der Waals surface area (Å²) >= 11 is 1.57. The first-order valence-electron chi connectivity index (χ1n) is 8.96. The lowest BCUT2D eigenvalue weighted by Gasteiger charge is -2.03. The number of fused-ring (bicyclic) bond motifs is 1. The number of benzene rings is 2. The molecule has 5 aromatic rings. The number of carbonyl (C=O) groups excluding carboxylic acids is 1. The molecule has 0 saturated carbocycles. The molecule has 0 aliphatic rings. The van der Waals surface area contributed by atoms with Gasteiger partial charge in [0.1, 0.15) is 16.2 Å². The van der Waals surface area contributed by atoms with E-state index in [9.17, 15) is 4.79 Å². The summed E-state index contributed by atoms with van der Waals surface area (Å²) in [5.41, 5.74) is 2.84. The zero-order valence-corrected chi connectivity index (χ0v) is 16.0. The third kappa shape index (κ3) is 3.41. The number of hydrogen-bond donors (Lipinski definition) is 1. The van der Waals surface area contributed by atoms with Crippen LogP contribution >= 0.6 is 11.3 Å². The van der Waals surface area contributed by atoms with Gasteiger partial charge in [-0.2, -0.15) is 0 Å². The highest BCUT2D eigenvalue weighted by Crippen LogP contribution is 2.29. The molecule has 142 valence electrons. The maximum atomic E-state index is 12.7. The van der Waals surface area contributed by atoms with Crippen LogP contribution < -0.4 is 5.32 Å². The second-order valence-corrected chi connectivity index (χ2v) is 7.32. The van der Waals surface area contributed by atoms with Crippen LogP contribution in [0.4, 0.5) is 0 Å². The Morgan fingerprint density at radius 2 is 2.00 bits per heavy atom. The first-order valence-corrected chi connectivity index (χ1v) is 9.84. The Labute approximate surface area is 169 Å². The van der Waals surface area contributed by atoms with Gasteiger partial charge < -0.3 is 9.84 Å². The van der Waals surface area contributed by atoms with E-state index in [1.54, 1.807) is 34.2 Å². The van der Waals surface area contributed by atoms with Crippen LogP contribution in [0.5, 0.6) is 0 Å². The monoisotopic (exact) mass is 401 g/mol. The molecule has 3 heterocycles. The normalized spacial score (nSPS) is 11.0. The number of thiophene rings is 1. The summed E-state index contributed by atoms with van der Waals surface area (Å²) in [6.45, 7) is 0.289. The van der Waals surface area contributed by atoms with Crippen molar-refractivity contribution in [1.82, 2.24) is 25.5 Å². The molecule has 3 aromatic heterocycles. The quantitative estimate of drug-likeness (QED) is 0.480. The minimum atomic E-state index is -0.196. The van der Waals surface area contributed by atoms with Crippen molar-refractivity contribution in [3.8, 4) is 16.3 Å². The lowest BCUT2D eigenvalue weighted by molar-refractivity contribution is 0.0950. The molecular formula is C21H15N5O2S. The maximum Gasteiger partial charge on any atom is 0.251 e. The van der Waals surface area contributed by atoms with Gasteiger partial charge >= 0.3 is 0 Å². The Bertz CT molecular complexity index is 1280. The van der Waals surface area contributed by atoms with Crippen molar-refractivity contribution in [2.24, 2.45) is 0 Å². The molecule has 8 heteroatoms. The van der Waals surface area contributed by atoms with Crippen LogP contribution in [0, 0.1) is 0 Å². The van der Waals surface area contributed by atoms with E-state index in [1.165, 1.54) is 0 Å². The van der Waals surface area contributed by atoms with Gasteiger partial charge in [0.25, 0.3) is 5.91 Å². The van der Waals surface area contributed by atoms with Gasteiger partial charge in [0.15, 0.2) is 5.76 Å². The Morgan fingerprint density at radius 3 is 2.83 bits per heavy atom. The van der Waals surface area contributed by atoms with Crippen molar-refractivity contribution in [3.63, 3.8) is 0 Å². The number of carbonyl (C=O) groups is 1. The minimum absolute atomic E-state index is 0.196. The van der Waals surface area contributed by atoms with E-state index in [0.717, 1.165) is 16.0 Å². The van der Waals surface area contributed by atoms with Crippen LogP contribution in [-0.2, 0) is 6.54 Å². The Hall–Kier alpha value is -3.78. The molecule has 1 amide bonds. The van der Waals surface area contributed by atoms with E-state index >= 15 is 0 Å². The molecule has 0 aliphatic carbocycles. The second-order valence-electron chi connectivity index (χ2n) is 6.40. The summed E-state index contributed by atoms with van der Waals surface area (Å²) in [6.07, 6.45) is 1.81. The number of nitrogens with zero attached hydrogens (tertiary/aromatic N) is 4. The van der Waals surface area contributed by atoms with Gasteiger partial charge in [0.2, 0.25) is 0 Å². The van der Waals surface area contributed by atoms with Gasteiger partial charge in [0.05, 0.1) is 18.1 Å². The molecule has 1 N–H and O–H groups in total. The van der Waals surface area contributed by atoms with Gasteiger partial charge in [-0.15, -0.1) is 16.4 Å². The van der Waals surface area contributed by atoms with Crippen LogP contribution in [0.1, 0.15) is 16.1 Å². The van der Waals surface area contributed by atoms with Crippen molar-refractivity contribution in [1.29, 1.82) is 0 Å². The molecule has 0 aliphatic heterocycles. The lowest BCUT2D eigenvalue weighted by atomic mass is 10.1. The Morgan fingerprint density at radius 1 is 1.10 bits per heavy atom. The standard InChI is InChI=1S/C21H15N5O2S/c27-21(22-12-16-13-26(25-23-16)19-7-4-10-29-19)15-8-9-18-17(11-15)20(28-24-18)14-5-2-1-3-6-14/h1-11,13H,12H2,(H,22,27). The molecular weight excluding hydrogens is 386 g/mol. The summed E-state index contributed by atoms with van der Waals surface area (Å²) in [5, 5.41) is 18.9. The SMILES string of the molecule is O=C(NCc1cn(-c2cccs2)nn1)c1ccc2noc(-c3ccccc3)c2c1. The predicted molar refractivity (Wildman–Crippen MR) is 110 cm³/mol. The molecule has 7 nitrogen and oxygen atoms in total. The third-order valence-corrected chi connectivity index (χ3v) is 5.34. The molecule has 0 saturated heterocycles. The molecule has 0 bridgehead atoms. The fourth-order valence-electron chi connectivity index (χ4n) is 3.04. The largest absolute Gasteiger partial charge is 0.355 e. The van der Waals surface area contributed by atoms with E-state index in [-0.39, 0.29) is 12.5 Å². The predicted octanol–water partition coefficient (Wildman–Crippen LogP) is 4.07. The number of aromatic nitrogens is 4. The molecule has 29 heavy (non-hydrogen) atoms. The van der Waals surface area contributed by atoms with Crippen LogP contribution in [-0.4, -0.2) is 26.1 Å². The first-order chi connectivity index (χ1) is 14.3. The van der Waals surface area contributed by atoms with Crippen LogP contribution in [0.3, 0.4) is 0 Å². The Kier molecular flexibility index (Phi) is 4.38. The van der Waals surface area contributed by atoms with Gasteiger partial charge in [0, 0.05) is 11.1 Å². The van der Waals surface area contributed by atoms with E-state index in [0.29, 0.717) is 22.5 Å². The Balaban J connectivity index is 1.35. The maximum absolute atomic E-state index is 12.7. The molecule has 2 aromatic carbocycles. The highest BCUT2D eigenvalue weighted by Gasteiger charge is 2.14. The van der Waals surface area contributed by atoms with Crippen LogP contribution in [0.15, 0.2) is 76.8 Å². The summed E-state index contributed by atoms with van der Waals surface area (Å²) < 4.78 is 7.20. The van der Waals surface area contributed by atoms with Crippen LogP contribution in [0.25, 0.3) is 27.2 Å². The third-order valence-electron chi connectivity index (χ3n) is 4.48. The average Bonchev–Trinajstić information content (AvgIpc) is 3.52. The van der Waals surface area contributed by atoms with Crippen molar-refractivity contribution in [3.05, 3.63) is 83.5 Å². The molecule has 0 unspecified atom stereocenters. The minimum Gasteiger partial charge on any atom is -0.355 e. The average molecular weight is 401 g/mol. The summed E-state index contributed by atoms with van der Waals surface area (Å²) in [7, 11) is 0. The van der Waals surface area contributed by atoms with Crippen molar-refractivity contribution in [2.75, 3.05) is 0 Å². The first kappa shape index (κ1) is 17.3. The summed E-state index contributed by atoms with van der Waals surface area (Å²) in [4.78, 5) is 12.7. The van der Waals surface area contributed by atoms with E-state index in [4.69, 9.17) is 4.52 Å². The molecule has 0 spiro atoms. The van der Waals surface area contributed by atoms with E-state index < -0.39 is 0 Å². The fourth-order valence-corrected chi connectivity index (χ4v) is 3.69. The number of rotatable bonds is 5. The number of hydrogen-bond acceptors (Lipinski definition) is 6. The molecule has 0 atom stereocenters. The van der Waals surface area contributed by atoms with Gasteiger partial charge in [-0.3, -0.25) is 4.79 Å². The van der Waals surface area contributed by atoms with Gasteiger partial charge in [-0.1, -0.05) is 40.7 Å². The molecule has 0 radical (unpaired) electrons. The molecule has 5 rings (SSSR count). The second kappa shape index (κ2) is 7.33. The van der Waals surface area contributed by atoms with Crippen molar-refractivity contribution < 1.29 is 9.32 Å². The van der Waals surface area contributed by atoms with Crippen LogP contribution in [0.2, 0.25) is 0 Å². The topological polar surface area (TPSA) is 85.8 Å². The lowest BCUT2D eigenvalue weighted by Crippen LogP contribution is -2.22. The van der Waals surface area contributed by atoms with Crippen molar-refractivity contribution in [2.45, 2.75) is 6.54 Å². The van der Waals surface area contributed by atoms with Gasteiger partial charge in [-0.05, 0) is 35.7 Å². The summed E-state index contributed by atoms with van der Waals surface area (Å²) in [6, 6.07) is 18.9. The fraction of sp³-hybridized carbons (Fsp3) is 0.0476. The summed E-state index contributed by atoms with van der Waals surface area (Å²) in [5.74, 6) is 0.451. The zero-order chi connectivity index (χ0) is 19.6. The zero-order valence-electron chi connectivity index (χ0n) is 15.1. The molecule has 0 fully saturated rings. The smallest absolute Gasteiger partial charge is 0.251 e. The number of nitrogens with one attached hydrogen (secondary N) is 1. The van der Waals surface area contributed by atoms with E-state index in [1.807, 2.05) is 54.0 Å². The highest BCUT2D eigenvalue weighted by atomic mass is 32.1. The van der Waals surface area contributed by atoms with Gasteiger partial charge in [-0.25, -0.2) is 4.68 Å². The van der Waals surface area contributed by atoms with Crippen molar-refractivity contribution >= 4 is 28.1 Å². The highest BCUT2D eigenvalue weighted by molar-refractivity contribution is 7.12. The number of amides is 1.